The number of carbonyl (C=O) groups is 2. The molecule has 1 N–H and O–H groups in total. The number of aromatic nitrogens is 2. The molecule has 7 heteroatoms. The second kappa shape index (κ2) is 5.20. The molecule has 0 bridgehead atoms. The molecule has 0 saturated carbocycles. The van der Waals surface area contributed by atoms with E-state index in [2.05, 4.69) is 15.3 Å². The molecule has 21 heavy (non-hydrogen) atoms. The van der Waals surface area contributed by atoms with Gasteiger partial charge >= 0.3 is 0 Å². The van der Waals surface area contributed by atoms with Crippen LogP contribution in [0.2, 0.25) is 0 Å². The van der Waals surface area contributed by atoms with E-state index in [1.807, 2.05) is 0 Å². The first-order chi connectivity index (χ1) is 10.2. The van der Waals surface area contributed by atoms with Crippen molar-refractivity contribution >= 4 is 23.2 Å². The molecule has 3 rings (SSSR count). The number of anilines is 2. The normalized spacial score (nSPS) is 13.4. The lowest BCUT2D eigenvalue weighted by atomic mass is 10.2. The van der Waals surface area contributed by atoms with Crippen molar-refractivity contribution in [3.05, 3.63) is 42.5 Å². The van der Waals surface area contributed by atoms with Crippen LogP contribution in [0.1, 0.15) is 10.5 Å². The van der Waals surface area contributed by atoms with Gasteiger partial charge in [0.2, 0.25) is 0 Å². The number of para-hydroxylation sites is 1. The lowest BCUT2D eigenvalue weighted by molar-refractivity contribution is -0.120. The third kappa shape index (κ3) is 2.40. The maximum atomic E-state index is 12.1. The minimum absolute atomic E-state index is 0.00887. The van der Waals surface area contributed by atoms with E-state index in [0.717, 1.165) is 0 Å². The molecule has 0 fully saturated rings. The molecule has 2 amide bonds. The number of nitrogens with zero attached hydrogens (tertiary/aromatic N) is 3. The summed E-state index contributed by atoms with van der Waals surface area (Å²) in [6.07, 6.45) is 4.30. The van der Waals surface area contributed by atoms with E-state index in [4.69, 9.17) is 4.74 Å². The largest absolute Gasteiger partial charge is 0.481 e. The zero-order valence-electron chi connectivity index (χ0n) is 11.2. The van der Waals surface area contributed by atoms with E-state index in [-0.39, 0.29) is 18.2 Å². The van der Waals surface area contributed by atoms with Crippen molar-refractivity contribution in [3.63, 3.8) is 0 Å². The molecular weight excluding hydrogens is 272 g/mol. The molecule has 0 atom stereocenters. The van der Waals surface area contributed by atoms with Crippen LogP contribution in [-0.4, -0.2) is 35.4 Å². The number of amides is 2. The number of hydrogen-bond donors (Lipinski definition) is 1. The van der Waals surface area contributed by atoms with Gasteiger partial charge in [-0.05, 0) is 12.1 Å². The highest BCUT2D eigenvalue weighted by Gasteiger charge is 2.25. The second-order valence-electron chi connectivity index (χ2n) is 4.44. The maximum absolute atomic E-state index is 12.1. The molecule has 1 aromatic heterocycles. The van der Waals surface area contributed by atoms with Gasteiger partial charge in [-0.15, -0.1) is 0 Å². The van der Waals surface area contributed by atoms with Gasteiger partial charge in [0.25, 0.3) is 11.8 Å². The summed E-state index contributed by atoms with van der Waals surface area (Å²) < 4.78 is 5.36. The van der Waals surface area contributed by atoms with Gasteiger partial charge in [0.15, 0.2) is 6.61 Å². The predicted molar refractivity (Wildman–Crippen MR) is 75.3 cm³/mol. The van der Waals surface area contributed by atoms with Gasteiger partial charge in [-0.25, -0.2) is 4.98 Å². The van der Waals surface area contributed by atoms with E-state index < -0.39 is 5.91 Å². The van der Waals surface area contributed by atoms with Crippen LogP contribution in [0.25, 0.3) is 0 Å². The number of hydrogen-bond acceptors (Lipinski definition) is 5. The Kier molecular flexibility index (Phi) is 3.23. The molecule has 2 heterocycles. The molecule has 7 nitrogen and oxygen atoms in total. The van der Waals surface area contributed by atoms with E-state index in [1.54, 1.807) is 25.2 Å². The van der Waals surface area contributed by atoms with Crippen LogP contribution in [0, 0.1) is 0 Å². The van der Waals surface area contributed by atoms with Crippen molar-refractivity contribution < 1.29 is 14.3 Å². The van der Waals surface area contributed by atoms with E-state index in [1.165, 1.54) is 23.5 Å². The summed E-state index contributed by atoms with van der Waals surface area (Å²) in [4.78, 5) is 33.1. The summed E-state index contributed by atoms with van der Waals surface area (Å²) in [5.74, 6) is -0.0272. The molecule has 2 aromatic rings. The Balaban J connectivity index is 1.94. The zero-order chi connectivity index (χ0) is 14.8. The Bertz CT molecular complexity index is 703. The van der Waals surface area contributed by atoms with Crippen molar-refractivity contribution in [3.8, 4) is 5.75 Å². The van der Waals surface area contributed by atoms with Crippen LogP contribution < -0.4 is 15.0 Å². The minimum Gasteiger partial charge on any atom is -0.481 e. The summed E-state index contributed by atoms with van der Waals surface area (Å²) in [6.45, 7) is -0.00887. The first-order valence-corrected chi connectivity index (χ1v) is 6.26. The van der Waals surface area contributed by atoms with Gasteiger partial charge in [0.1, 0.15) is 17.1 Å². The Morgan fingerprint density at radius 1 is 1.38 bits per heavy atom. The fourth-order valence-electron chi connectivity index (χ4n) is 2.05. The molecule has 0 aliphatic carbocycles. The van der Waals surface area contributed by atoms with Crippen molar-refractivity contribution in [1.29, 1.82) is 0 Å². The third-order valence-electron chi connectivity index (χ3n) is 3.10. The van der Waals surface area contributed by atoms with Crippen LogP contribution in [0.15, 0.2) is 36.8 Å². The van der Waals surface area contributed by atoms with Crippen molar-refractivity contribution in [2.75, 3.05) is 23.9 Å². The van der Waals surface area contributed by atoms with E-state index >= 15 is 0 Å². The fraction of sp³-hybridized carbons (Fsp3) is 0.143. The molecule has 0 unspecified atom stereocenters. The van der Waals surface area contributed by atoms with Crippen LogP contribution in [0.5, 0.6) is 5.75 Å². The van der Waals surface area contributed by atoms with Gasteiger partial charge in [-0.3, -0.25) is 14.6 Å². The number of benzene rings is 1. The number of ether oxygens (including phenoxy) is 1. The standard InChI is InChI=1S/C14H12N4O3/c1-18-12(19)8-21-11-4-2-3-9(13(11)18)17-14(20)10-7-15-5-6-16-10/h2-7H,8H2,1H3,(H,17,20). The van der Waals surface area contributed by atoms with Gasteiger partial charge in [-0.2, -0.15) is 0 Å². The topological polar surface area (TPSA) is 84.4 Å². The number of carbonyl (C=O) groups excluding carboxylic acids is 2. The quantitative estimate of drug-likeness (QED) is 0.892. The van der Waals surface area contributed by atoms with Crippen LogP contribution >= 0.6 is 0 Å². The SMILES string of the molecule is CN1C(=O)COc2cccc(NC(=O)c3cnccn3)c21. The Hall–Kier alpha value is -2.96. The monoisotopic (exact) mass is 284 g/mol. The first-order valence-electron chi connectivity index (χ1n) is 6.26. The molecule has 0 spiro atoms. The molecule has 1 aromatic carbocycles. The van der Waals surface area contributed by atoms with Gasteiger partial charge < -0.3 is 15.0 Å². The smallest absolute Gasteiger partial charge is 0.275 e. The van der Waals surface area contributed by atoms with Crippen molar-refractivity contribution in [1.82, 2.24) is 9.97 Å². The van der Waals surface area contributed by atoms with Crippen molar-refractivity contribution in [2.45, 2.75) is 0 Å². The Morgan fingerprint density at radius 3 is 3.00 bits per heavy atom. The number of nitrogens with one attached hydrogen (secondary N) is 1. The fourth-order valence-corrected chi connectivity index (χ4v) is 2.05. The zero-order valence-corrected chi connectivity index (χ0v) is 11.2. The Labute approximate surface area is 120 Å². The average molecular weight is 284 g/mol. The summed E-state index contributed by atoms with van der Waals surface area (Å²) in [7, 11) is 1.64. The van der Waals surface area contributed by atoms with E-state index in [9.17, 15) is 9.59 Å². The molecule has 106 valence electrons. The lowest BCUT2D eigenvalue weighted by Crippen LogP contribution is -2.36. The average Bonchev–Trinajstić information content (AvgIpc) is 2.52. The molecule has 1 aliphatic heterocycles. The summed E-state index contributed by atoms with van der Waals surface area (Å²) in [5.41, 5.74) is 1.21. The molecular formula is C14H12N4O3. The van der Waals surface area contributed by atoms with Crippen LogP contribution in [-0.2, 0) is 4.79 Å². The number of rotatable bonds is 2. The Morgan fingerprint density at radius 2 is 2.24 bits per heavy atom. The second-order valence-corrected chi connectivity index (χ2v) is 4.44. The third-order valence-corrected chi connectivity index (χ3v) is 3.10. The highest BCUT2D eigenvalue weighted by Crippen LogP contribution is 2.38. The highest BCUT2D eigenvalue weighted by atomic mass is 16.5. The lowest BCUT2D eigenvalue weighted by Gasteiger charge is -2.28. The van der Waals surface area contributed by atoms with Gasteiger partial charge in [0, 0.05) is 19.4 Å². The van der Waals surface area contributed by atoms with Gasteiger partial charge in [0.05, 0.1) is 11.9 Å². The van der Waals surface area contributed by atoms with Gasteiger partial charge in [-0.1, -0.05) is 6.07 Å². The maximum Gasteiger partial charge on any atom is 0.275 e. The van der Waals surface area contributed by atoms with E-state index in [0.29, 0.717) is 17.1 Å². The summed E-state index contributed by atoms with van der Waals surface area (Å²) in [6, 6.07) is 5.19. The van der Waals surface area contributed by atoms with Crippen LogP contribution in [0.3, 0.4) is 0 Å². The van der Waals surface area contributed by atoms with Crippen molar-refractivity contribution in [2.24, 2.45) is 0 Å². The molecule has 0 saturated heterocycles. The predicted octanol–water partition coefficient (Wildman–Crippen LogP) is 1.08. The highest BCUT2D eigenvalue weighted by molar-refractivity contribution is 6.08. The molecule has 1 aliphatic rings. The first kappa shape index (κ1) is 13.0. The number of likely N-dealkylation sites (N-methyl/N-ethyl adjacent to an activating group) is 1. The number of fused-ring (bicyclic) bond motifs is 1. The van der Waals surface area contributed by atoms with Crippen LogP contribution in [0.4, 0.5) is 11.4 Å². The molecule has 0 radical (unpaired) electrons. The summed E-state index contributed by atoms with van der Waals surface area (Å²) in [5, 5.41) is 2.72. The minimum atomic E-state index is -0.400. The summed E-state index contributed by atoms with van der Waals surface area (Å²) >= 11 is 0.